The number of carbonyl (C=O) groups is 1. The van der Waals surface area contributed by atoms with Crippen molar-refractivity contribution >= 4 is 5.97 Å². The van der Waals surface area contributed by atoms with Crippen molar-refractivity contribution in [1.82, 2.24) is 5.32 Å². The number of aryl methyl sites for hydroxylation is 3. The fourth-order valence-electron chi connectivity index (χ4n) is 4.08. The zero-order valence-electron chi connectivity index (χ0n) is 22.2. The van der Waals surface area contributed by atoms with Crippen molar-refractivity contribution in [2.45, 2.75) is 78.6 Å². The molecule has 0 heterocycles. The third kappa shape index (κ3) is 10.4. The van der Waals surface area contributed by atoms with E-state index in [1.54, 1.807) is 6.92 Å². The largest absolute Gasteiger partial charge is 0.478 e. The predicted molar refractivity (Wildman–Crippen MR) is 143 cm³/mol. The number of hydrogen-bond donors (Lipinski definition) is 3. The second-order valence-electron chi connectivity index (χ2n) is 10.3. The Hall–Kier alpha value is -2.47. The maximum Gasteiger partial charge on any atom is 0.327 e. The van der Waals surface area contributed by atoms with Gasteiger partial charge in [0.1, 0.15) is 0 Å². The highest BCUT2D eigenvalue weighted by Crippen LogP contribution is 2.44. The molecule has 1 saturated carbocycles. The summed E-state index contributed by atoms with van der Waals surface area (Å²) in [4.78, 5) is 9.51. The number of ether oxygens (including phenoxy) is 1. The molecule has 35 heavy (non-hydrogen) atoms. The third-order valence-corrected chi connectivity index (χ3v) is 6.36. The summed E-state index contributed by atoms with van der Waals surface area (Å²) in [6.45, 7) is 13.4. The number of carboxylic acid groups (broad SMARTS) is 1. The Labute approximate surface area is 211 Å². The van der Waals surface area contributed by atoms with Crippen LogP contribution in [0.15, 0.2) is 54.6 Å². The molecule has 0 unspecified atom stereocenters. The maximum atomic E-state index is 10.5. The number of rotatable bonds is 11. The van der Waals surface area contributed by atoms with Gasteiger partial charge in [0.05, 0.1) is 18.8 Å². The van der Waals surface area contributed by atoms with E-state index in [1.165, 1.54) is 46.7 Å². The van der Waals surface area contributed by atoms with Crippen LogP contribution >= 0.6 is 0 Å². The van der Waals surface area contributed by atoms with Crippen molar-refractivity contribution < 1.29 is 19.7 Å². The Balaban J connectivity index is 0.000000641. The zero-order chi connectivity index (χ0) is 26.0. The van der Waals surface area contributed by atoms with Gasteiger partial charge in [-0.2, -0.15) is 0 Å². The van der Waals surface area contributed by atoms with Crippen molar-refractivity contribution in [2.75, 3.05) is 13.2 Å². The second-order valence-corrected chi connectivity index (χ2v) is 10.3. The Morgan fingerprint density at radius 2 is 1.80 bits per heavy atom. The fourth-order valence-corrected chi connectivity index (χ4v) is 4.08. The van der Waals surface area contributed by atoms with Crippen LogP contribution < -0.4 is 5.32 Å². The maximum absolute atomic E-state index is 10.5. The van der Waals surface area contributed by atoms with Crippen LogP contribution in [-0.2, 0) is 16.0 Å². The quantitative estimate of drug-likeness (QED) is 0.359. The lowest BCUT2D eigenvalue weighted by atomic mass is 9.93. The van der Waals surface area contributed by atoms with Gasteiger partial charge in [0.15, 0.2) is 0 Å². The molecule has 0 amide bonds. The number of aliphatic carboxylic acids is 1. The number of β-amino-alcohol motifs (C(OH)–C–C–N with tert-alkyl or cyclic N) is 1. The van der Waals surface area contributed by atoms with Crippen LogP contribution in [-0.4, -0.2) is 41.0 Å². The minimum Gasteiger partial charge on any atom is -0.478 e. The average Bonchev–Trinajstić information content (AvgIpc) is 3.62. The van der Waals surface area contributed by atoms with Gasteiger partial charge in [-0.3, -0.25) is 0 Å². The normalized spacial score (nSPS) is 15.4. The summed E-state index contributed by atoms with van der Waals surface area (Å²) in [6.07, 6.45) is 5.51. The van der Waals surface area contributed by atoms with Gasteiger partial charge in [-0.1, -0.05) is 48.5 Å². The molecule has 0 radical (unpaired) electrons. The Morgan fingerprint density at radius 1 is 1.11 bits per heavy atom. The number of aliphatic hydroxyl groups is 1. The van der Waals surface area contributed by atoms with E-state index in [-0.39, 0.29) is 11.6 Å². The standard InChI is InChI=1S/C26H37NO2.C4H6O2/c1-18-10-11-21(14-20(18)3)15-26(4,5)27-16-23(28)17-29-25(22-12-13-22)24-9-7-6-8-19(24)2;1-2-3-4(5)6/h6-11,14,22-23,25,27-28H,12-13,15-17H2,1-5H3;2-3H,1H3,(H,5,6)/b;3-2+/t23-,25-;/m1./s1. The summed E-state index contributed by atoms with van der Waals surface area (Å²) in [5.41, 5.74) is 6.43. The molecule has 2 atom stereocenters. The van der Waals surface area contributed by atoms with Crippen LogP contribution in [0, 0.1) is 26.7 Å². The molecular formula is C30H43NO4. The van der Waals surface area contributed by atoms with Gasteiger partial charge in [0.25, 0.3) is 0 Å². The highest BCUT2D eigenvalue weighted by Gasteiger charge is 2.34. The number of benzene rings is 2. The number of allylic oxidation sites excluding steroid dienone is 1. The van der Waals surface area contributed by atoms with Crippen molar-refractivity contribution in [2.24, 2.45) is 5.92 Å². The summed E-state index contributed by atoms with van der Waals surface area (Å²) >= 11 is 0. The van der Waals surface area contributed by atoms with Crippen LogP contribution in [0.5, 0.6) is 0 Å². The summed E-state index contributed by atoms with van der Waals surface area (Å²) < 4.78 is 6.22. The first kappa shape index (κ1) is 28.8. The third-order valence-electron chi connectivity index (χ3n) is 6.36. The van der Waals surface area contributed by atoms with Crippen LogP contribution in [0.25, 0.3) is 0 Å². The minimum absolute atomic E-state index is 0.0887. The van der Waals surface area contributed by atoms with E-state index >= 15 is 0 Å². The van der Waals surface area contributed by atoms with E-state index in [0.717, 1.165) is 12.5 Å². The molecule has 0 spiro atoms. The summed E-state index contributed by atoms with van der Waals surface area (Å²) in [5, 5.41) is 21.9. The molecule has 5 heteroatoms. The Morgan fingerprint density at radius 3 is 2.34 bits per heavy atom. The fraction of sp³-hybridized carbons (Fsp3) is 0.500. The molecule has 3 N–H and O–H groups in total. The van der Waals surface area contributed by atoms with Gasteiger partial charge in [-0.15, -0.1) is 0 Å². The molecule has 1 aliphatic carbocycles. The van der Waals surface area contributed by atoms with E-state index in [0.29, 0.717) is 19.1 Å². The Kier molecular flexibility index (Phi) is 11.2. The van der Waals surface area contributed by atoms with Crippen molar-refractivity contribution in [3.8, 4) is 0 Å². The summed E-state index contributed by atoms with van der Waals surface area (Å²) in [6, 6.07) is 15.1. The van der Waals surface area contributed by atoms with E-state index < -0.39 is 12.1 Å². The molecule has 0 aromatic heterocycles. The molecule has 2 aromatic rings. The minimum atomic E-state index is -0.891. The molecule has 192 valence electrons. The lowest BCUT2D eigenvalue weighted by Gasteiger charge is -2.29. The molecule has 0 saturated heterocycles. The van der Waals surface area contributed by atoms with Crippen LogP contribution in [0.2, 0.25) is 0 Å². The van der Waals surface area contributed by atoms with Gasteiger partial charge in [0, 0.05) is 18.2 Å². The number of hydrogen-bond acceptors (Lipinski definition) is 4. The Bertz CT molecular complexity index is 978. The van der Waals surface area contributed by atoms with E-state index in [4.69, 9.17) is 9.84 Å². The molecule has 0 aliphatic heterocycles. The van der Waals surface area contributed by atoms with Gasteiger partial charge >= 0.3 is 5.97 Å². The molecule has 1 fully saturated rings. The SMILES string of the molecule is C/C=C/C(=O)O.Cc1ccc(CC(C)(C)NC[C@@H](O)CO[C@@H](c2ccccc2C)C2CC2)cc1C. The van der Waals surface area contributed by atoms with E-state index in [2.05, 4.69) is 82.4 Å². The predicted octanol–water partition coefficient (Wildman–Crippen LogP) is 5.70. The van der Waals surface area contributed by atoms with Gasteiger partial charge in [-0.25, -0.2) is 4.79 Å². The van der Waals surface area contributed by atoms with Crippen molar-refractivity contribution in [3.63, 3.8) is 0 Å². The number of nitrogens with one attached hydrogen (secondary N) is 1. The van der Waals surface area contributed by atoms with Crippen LogP contribution in [0.1, 0.15) is 67.5 Å². The first-order valence-corrected chi connectivity index (χ1v) is 12.5. The van der Waals surface area contributed by atoms with Crippen molar-refractivity contribution in [1.29, 1.82) is 0 Å². The van der Waals surface area contributed by atoms with E-state index in [9.17, 15) is 9.90 Å². The second kappa shape index (κ2) is 13.6. The highest BCUT2D eigenvalue weighted by atomic mass is 16.5. The summed E-state index contributed by atoms with van der Waals surface area (Å²) in [7, 11) is 0. The smallest absolute Gasteiger partial charge is 0.327 e. The highest BCUT2D eigenvalue weighted by molar-refractivity contribution is 5.79. The molecule has 5 nitrogen and oxygen atoms in total. The molecule has 3 rings (SSSR count). The number of aliphatic hydroxyl groups excluding tert-OH is 1. The van der Waals surface area contributed by atoms with Crippen LogP contribution in [0.4, 0.5) is 0 Å². The first-order valence-electron chi connectivity index (χ1n) is 12.5. The average molecular weight is 482 g/mol. The van der Waals surface area contributed by atoms with Crippen LogP contribution in [0.3, 0.4) is 0 Å². The van der Waals surface area contributed by atoms with E-state index in [1.807, 2.05) is 0 Å². The lowest BCUT2D eigenvalue weighted by molar-refractivity contribution is -0.131. The summed E-state index contributed by atoms with van der Waals surface area (Å²) in [5.74, 6) is -0.296. The van der Waals surface area contributed by atoms with Gasteiger partial charge in [-0.05, 0) is 94.5 Å². The van der Waals surface area contributed by atoms with Gasteiger partial charge < -0.3 is 20.3 Å². The molecular weight excluding hydrogens is 438 g/mol. The monoisotopic (exact) mass is 481 g/mol. The molecule has 1 aliphatic rings. The van der Waals surface area contributed by atoms with Crippen molar-refractivity contribution in [3.05, 3.63) is 82.4 Å². The first-order chi connectivity index (χ1) is 16.5. The molecule has 0 bridgehead atoms. The lowest BCUT2D eigenvalue weighted by Crippen LogP contribution is -2.46. The topological polar surface area (TPSA) is 78.8 Å². The molecule has 2 aromatic carbocycles. The number of carboxylic acids is 1. The zero-order valence-corrected chi connectivity index (χ0v) is 22.2. The van der Waals surface area contributed by atoms with Gasteiger partial charge in [0.2, 0.25) is 0 Å².